The molecule has 46 heavy (non-hydrogen) atoms. The van der Waals surface area contributed by atoms with Crippen LogP contribution in [0, 0.1) is 41.5 Å². The Labute approximate surface area is 274 Å². The van der Waals surface area contributed by atoms with Crippen molar-refractivity contribution in [3.05, 3.63) is 178 Å². The number of rotatable bonds is 8. The number of benzene rings is 6. The van der Waals surface area contributed by atoms with Crippen molar-refractivity contribution in [2.45, 2.75) is 41.5 Å². The van der Waals surface area contributed by atoms with E-state index in [1.165, 1.54) is 44.8 Å². The zero-order valence-corrected chi connectivity index (χ0v) is 27.8. The summed E-state index contributed by atoms with van der Waals surface area (Å²) in [7, 11) is 0. The maximum absolute atomic E-state index is 2.33. The summed E-state index contributed by atoms with van der Waals surface area (Å²) in [6, 6.07) is 48.6. The molecule has 0 bridgehead atoms. The van der Waals surface area contributed by atoms with E-state index in [0.29, 0.717) is 0 Å². The SMILES string of the molecule is Cc1ccc(N(c2ccc(/C=C/c3ccc(N(c4ccc(C)cc4)c4cc(C)cc(C)c4)cc3)cc2)c2cc(C)cc(C)c2)cc1. The average Bonchev–Trinajstić information content (AvgIpc) is 3.02. The van der Waals surface area contributed by atoms with Crippen LogP contribution in [0.4, 0.5) is 34.1 Å². The zero-order chi connectivity index (χ0) is 32.2. The first-order chi connectivity index (χ1) is 22.2. The molecule has 228 valence electrons. The molecule has 0 fully saturated rings. The summed E-state index contributed by atoms with van der Waals surface area (Å²) in [5.74, 6) is 0. The van der Waals surface area contributed by atoms with Crippen LogP contribution < -0.4 is 9.80 Å². The molecule has 0 aliphatic carbocycles. The highest BCUT2D eigenvalue weighted by Crippen LogP contribution is 2.37. The molecular weight excluding hydrogens is 556 g/mol. The third-order valence-corrected chi connectivity index (χ3v) is 8.28. The minimum atomic E-state index is 1.14. The summed E-state index contributed by atoms with van der Waals surface area (Å²) in [5.41, 5.74) is 16.8. The Kier molecular flexibility index (Phi) is 8.90. The van der Waals surface area contributed by atoms with Gasteiger partial charge in [-0.3, -0.25) is 0 Å². The molecule has 2 nitrogen and oxygen atoms in total. The van der Waals surface area contributed by atoms with E-state index < -0.39 is 0 Å². The smallest absolute Gasteiger partial charge is 0.0466 e. The van der Waals surface area contributed by atoms with Crippen LogP contribution in [0.25, 0.3) is 12.2 Å². The van der Waals surface area contributed by atoms with Crippen molar-refractivity contribution in [3.63, 3.8) is 0 Å². The molecule has 2 heteroatoms. The monoisotopic (exact) mass is 598 g/mol. The highest BCUT2D eigenvalue weighted by atomic mass is 15.1. The van der Waals surface area contributed by atoms with Gasteiger partial charge in [0.2, 0.25) is 0 Å². The first kappa shape index (κ1) is 30.7. The maximum Gasteiger partial charge on any atom is 0.0466 e. The molecule has 0 aliphatic heterocycles. The van der Waals surface area contributed by atoms with Gasteiger partial charge in [0.1, 0.15) is 0 Å². The van der Waals surface area contributed by atoms with Crippen LogP contribution in [0.5, 0.6) is 0 Å². The van der Waals surface area contributed by atoms with Crippen LogP contribution in [0.1, 0.15) is 44.5 Å². The van der Waals surface area contributed by atoms with Crippen LogP contribution in [0.2, 0.25) is 0 Å². The minimum Gasteiger partial charge on any atom is -0.310 e. The Morgan fingerprint density at radius 2 is 0.543 bits per heavy atom. The molecule has 0 aliphatic rings. The van der Waals surface area contributed by atoms with E-state index >= 15 is 0 Å². The molecule has 6 rings (SSSR count). The molecule has 6 aromatic rings. The van der Waals surface area contributed by atoms with Crippen molar-refractivity contribution in [1.82, 2.24) is 0 Å². The topological polar surface area (TPSA) is 6.48 Å². The molecule has 0 amide bonds. The summed E-state index contributed by atoms with van der Waals surface area (Å²) in [4.78, 5) is 4.67. The molecule has 0 radical (unpaired) electrons. The lowest BCUT2D eigenvalue weighted by Crippen LogP contribution is -2.10. The maximum atomic E-state index is 2.33. The van der Waals surface area contributed by atoms with Gasteiger partial charge >= 0.3 is 0 Å². The highest BCUT2D eigenvalue weighted by Gasteiger charge is 2.15. The van der Waals surface area contributed by atoms with E-state index in [4.69, 9.17) is 0 Å². The molecule has 0 unspecified atom stereocenters. The number of anilines is 6. The fraction of sp³-hybridized carbons (Fsp3) is 0.136. The van der Waals surface area contributed by atoms with Crippen LogP contribution in [0.15, 0.2) is 133 Å². The lowest BCUT2D eigenvalue weighted by molar-refractivity contribution is 1.25. The zero-order valence-electron chi connectivity index (χ0n) is 27.8. The minimum absolute atomic E-state index is 1.14. The second-order valence-electron chi connectivity index (χ2n) is 12.6. The third kappa shape index (κ3) is 7.14. The van der Waals surface area contributed by atoms with Gasteiger partial charge in [-0.25, -0.2) is 0 Å². The van der Waals surface area contributed by atoms with Gasteiger partial charge in [0.05, 0.1) is 0 Å². The Morgan fingerprint density at radius 3 is 0.826 bits per heavy atom. The molecule has 0 spiro atoms. The number of hydrogen-bond acceptors (Lipinski definition) is 2. The Balaban J connectivity index is 1.26. The lowest BCUT2D eigenvalue weighted by Gasteiger charge is -2.26. The second-order valence-corrected chi connectivity index (χ2v) is 12.6. The van der Waals surface area contributed by atoms with E-state index in [9.17, 15) is 0 Å². The fourth-order valence-electron chi connectivity index (χ4n) is 6.10. The summed E-state index contributed by atoms with van der Waals surface area (Å²) in [6.45, 7) is 12.9. The Hall–Kier alpha value is -5.34. The van der Waals surface area contributed by atoms with E-state index in [0.717, 1.165) is 33.9 Å². The van der Waals surface area contributed by atoms with Gasteiger partial charge in [0.15, 0.2) is 0 Å². The predicted molar refractivity (Wildman–Crippen MR) is 200 cm³/mol. The van der Waals surface area contributed by atoms with E-state index in [1.54, 1.807) is 0 Å². The average molecular weight is 599 g/mol. The molecule has 0 atom stereocenters. The first-order valence-electron chi connectivity index (χ1n) is 16.0. The van der Waals surface area contributed by atoms with Gasteiger partial charge in [-0.05, 0) is 148 Å². The number of aryl methyl sites for hydroxylation is 6. The van der Waals surface area contributed by atoms with E-state index in [2.05, 4.69) is 197 Å². The van der Waals surface area contributed by atoms with Gasteiger partial charge < -0.3 is 9.80 Å². The largest absolute Gasteiger partial charge is 0.310 e. The third-order valence-electron chi connectivity index (χ3n) is 8.28. The summed E-state index contributed by atoms with van der Waals surface area (Å²) < 4.78 is 0. The van der Waals surface area contributed by atoms with Crippen LogP contribution in [-0.2, 0) is 0 Å². The van der Waals surface area contributed by atoms with Crippen LogP contribution in [0.3, 0.4) is 0 Å². The summed E-state index contributed by atoms with van der Waals surface area (Å²) >= 11 is 0. The molecule has 0 saturated heterocycles. The second kappa shape index (κ2) is 13.3. The van der Waals surface area contributed by atoms with E-state index in [1.807, 2.05) is 0 Å². The molecule has 6 aromatic carbocycles. The number of nitrogens with zero attached hydrogens (tertiary/aromatic N) is 2. The van der Waals surface area contributed by atoms with Crippen LogP contribution >= 0.6 is 0 Å². The van der Waals surface area contributed by atoms with Crippen molar-refractivity contribution in [2.75, 3.05) is 9.80 Å². The standard InChI is InChI=1S/C44H42N2/c1-31-7-17-39(18-8-31)45(43-27-33(3)25-34(4)28-43)41-21-13-37(14-22-41)11-12-38-15-23-42(24-16-38)46(40-19-9-32(2)10-20-40)44-29-35(5)26-36(6)30-44/h7-30H,1-6H3/b12-11+. The van der Waals surface area contributed by atoms with Gasteiger partial charge in [0.25, 0.3) is 0 Å². The van der Waals surface area contributed by atoms with Gasteiger partial charge in [-0.1, -0.05) is 83.9 Å². The van der Waals surface area contributed by atoms with Crippen LogP contribution in [-0.4, -0.2) is 0 Å². The Morgan fingerprint density at radius 1 is 0.283 bits per heavy atom. The molecule has 0 N–H and O–H groups in total. The molecular formula is C44H42N2. The van der Waals surface area contributed by atoms with Gasteiger partial charge in [0, 0.05) is 34.1 Å². The molecule has 0 heterocycles. The van der Waals surface area contributed by atoms with Crippen molar-refractivity contribution in [3.8, 4) is 0 Å². The summed E-state index contributed by atoms with van der Waals surface area (Å²) in [6.07, 6.45) is 4.38. The quantitative estimate of drug-likeness (QED) is 0.161. The van der Waals surface area contributed by atoms with Crippen molar-refractivity contribution in [1.29, 1.82) is 0 Å². The van der Waals surface area contributed by atoms with Crippen molar-refractivity contribution in [2.24, 2.45) is 0 Å². The fourth-order valence-corrected chi connectivity index (χ4v) is 6.10. The van der Waals surface area contributed by atoms with Crippen molar-refractivity contribution < 1.29 is 0 Å². The Bertz CT molecular complexity index is 1780. The van der Waals surface area contributed by atoms with Gasteiger partial charge in [-0.2, -0.15) is 0 Å². The highest BCUT2D eigenvalue weighted by molar-refractivity contribution is 5.80. The van der Waals surface area contributed by atoms with E-state index in [-0.39, 0.29) is 0 Å². The predicted octanol–water partition coefficient (Wildman–Crippen LogP) is 12.6. The molecule has 0 saturated carbocycles. The normalized spacial score (nSPS) is 11.2. The lowest BCUT2D eigenvalue weighted by atomic mass is 10.1. The summed E-state index contributed by atoms with van der Waals surface area (Å²) in [5, 5.41) is 0. The number of hydrogen-bond donors (Lipinski definition) is 0. The first-order valence-corrected chi connectivity index (χ1v) is 16.0. The van der Waals surface area contributed by atoms with Gasteiger partial charge in [-0.15, -0.1) is 0 Å². The van der Waals surface area contributed by atoms with Crippen molar-refractivity contribution >= 4 is 46.3 Å². The molecule has 0 aromatic heterocycles.